The summed E-state index contributed by atoms with van der Waals surface area (Å²) >= 11 is 10.2. The van der Waals surface area contributed by atoms with Crippen molar-refractivity contribution in [2.24, 2.45) is 0 Å². The minimum absolute atomic E-state index is 0.0132. The van der Waals surface area contributed by atoms with Crippen LogP contribution in [-0.4, -0.2) is 40.9 Å². The summed E-state index contributed by atoms with van der Waals surface area (Å²) in [6.07, 6.45) is 1.59. The van der Waals surface area contributed by atoms with Gasteiger partial charge in [0.05, 0.1) is 23.1 Å². The second-order valence-electron chi connectivity index (χ2n) is 5.89. The molecule has 6 nitrogen and oxygen atoms in total. The van der Waals surface area contributed by atoms with Crippen molar-refractivity contribution >= 4 is 56.5 Å². The zero-order valence-electron chi connectivity index (χ0n) is 15.4. The van der Waals surface area contributed by atoms with Crippen LogP contribution in [0.2, 0.25) is 5.02 Å². The number of nitrogens with zero attached hydrogens (tertiary/aromatic N) is 1. The van der Waals surface area contributed by atoms with Gasteiger partial charge in [0.2, 0.25) is 0 Å². The van der Waals surface area contributed by atoms with Crippen LogP contribution in [0.25, 0.3) is 6.08 Å². The first-order valence-corrected chi connectivity index (χ1v) is 10.7. The number of hydrogen-bond acceptors (Lipinski definition) is 6. The maximum Gasteiger partial charge on any atom is 0.293 e. The Kier molecular flexibility index (Phi) is 7.10. The molecule has 1 saturated heterocycles. The van der Waals surface area contributed by atoms with E-state index in [2.05, 4.69) is 15.9 Å². The van der Waals surface area contributed by atoms with Gasteiger partial charge in [-0.1, -0.05) is 39.7 Å². The summed E-state index contributed by atoms with van der Waals surface area (Å²) in [5.41, 5.74) is 0.615. The molecule has 3 rings (SSSR count). The van der Waals surface area contributed by atoms with Crippen molar-refractivity contribution in [2.75, 3.05) is 19.8 Å². The van der Waals surface area contributed by atoms with E-state index >= 15 is 0 Å². The predicted octanol–water partition coefficient (Wildman–Crippen LogP) is 5.32. The summed E-state index contributed by atoms with van der Waals surface area (Å²) < 4.78 is 11.5. The van der Waals surface area contributed by atoms with Gasteiger partial charge in [-0.2, -0.15) is 0 Å². The third-order valence-corrected chi connectivity index (χ3v) is 5.85. The number of hydrogen-bond donors (Lipinski definition) is 1. The third-order valence-electron chi connectivity index (χ3n) is 3.95. The number of imide groups is 1. The van der Waals surface area contributed by atoms with Crippen molar-refractivity contribution in [2.45, 2.75) is 6.92 Å². The van der Waals surface area contributed by atoms with Crippen molar-refractivity contribution in [1.82, 2.24) is 4.90 Å². The second kappa shape index (κ2) is 9.56. The van der Waals surface area contributed by atoms with Crippen molar-refractivity contribution < 1.29 is 24.2 Å². The smallest absolute Gasteiger partial charge is 0.293 e. The minimum atomic E-state index is -0.402. The number of amides is 2. The first kappa shape index (κ1) is 21.5. The molecule has 29 heavy (non-hydrogen) atoms. The standard InChI is InChI=1S/C20H17BrClNO5S/c1-2-27-17-9-12(13(21)11-15(17)24)10-18-19(25)23(20(26)29-18)7-8-28-16-6-4-3-5-14(16)22/h3-6,9-11,24H,2,7-8H2,1H3/b18-10-. The Labute approximate surface area is 185 Å². The Morgan fingerprint density at radius 2 is 1.97 bits per heavy atom. The van der Waals surface area contributed by atoms with Gasteiger partial charge in [-0.3, -0.25) is 14.5 Å². The monoisotopic (exact) mass is 497 g/mol. The van der Waals surface area contributed by atoms with Crippen LogP contribution in [0.3, 0.4) is 0 Å². The van der Waals surface area contributed by atoms with Gasteiger partial charge in [0.25, 0.3) is 11.1 Å². The van der Waals surface area contributed by atoms with Gasteiger partial charge in [0.1, 0.15) is 12.4 Å². The highest BCUT2D eigenvalue weighted by Gasteiger charge is 2.35. The van der Waals surface area contributed by atoms with E-state index in [0.717, 1.165) is 16.7 Å². The van der Waals surface area contributed by atoms with Crippen molar-refractivity contribution in [3.63, 3.8) is 0 Å². The molecule has 2 aromatic carbocycles. The van der Waals surface area contributed by atoms with Gasteiger partial charge in [-0.05, 0) is 54.6 Å². The van der Waals surface area contributed by atoms with Crippen molar-refractivity contribution in [3.05, 3.63) is 56.4 Å². The molecule has 1 heterocycles. The lowest BCUT2D eigenvalue weighted by atomic mass is 10.2. The predicted molar refractivity (Wildman–Crippen MR) is 117 cm³/mol. The zero-order valence-corrected chi connectivity index (χ0v) is 18.5. The van der Waals surface area contributed by atoms with Crippen LogP contribution in [0.4, 0.5) is 4.79 Å². The van der Waals surface area contributed by atoms with Crippen LogP contribution in [-0.2, 0) is 4.79 Å². The Hall–Kier alpha value is -2.16. The molecule has 0 saturated carbocycles. The summed E-state index contributed by atoms with van der Waals surface area (Å²) in [5, 5.41) is 10.0. The molecule has 2 amide bonds. The van der Waals surface area contributed by atoms with E-state index in [9.17, 15) is 14.7 Å². The summed E-state index contributed by atoms with van der Waals surface area (Å²) in [6, 6.07) is 10.1. The molecule has 0 bridgehead atoms. The highest BCUT2D eigenvalue weighted by atomic mass is 79.9. The van der Waals surface area contributed by atoms with Crippen molar-refractivity contribution in [3.8, 4) is 17.2 Å². The number of phenolic OH excluding ortho intramolecular Hbond substituents is 1. The molecule has 0 aliphatic carbocycles. The normalized spacial score (nSPS) is 15.3. The largest absolute Gasteiger partial charge is 0.504 e. The minimum Gasteiger partial charge on any atom is -0.504 e. The Morgan fingerprint density at radius 3 is 2.69 bits per heavy atom. The average molecular weight is 499 g/mol. The fourth-order valence-corrected chi connectivity index (χ4v) is 4.07. The summed E-state index contributed by atoms with van der Waals surface area (Å²) in [6.45, 7) is 2.43. The Bertz CT molecular complexity index is 981. The van der Waals surface area contributed by atoms with Gasteiger partial charge in [0.15, 0.2) is 11.5 Å². The Morgan fingerprint density at radius 1 is 1.21 bits per heavy atom. The molecule has 0 atom stereocenters. The first-order chi connectivity index (χ1) is 13.9. The van der Waals surface area contributed by atoms with E-state index < -0.39 is 5.91 Å². The van der Waals surface area contributed by atoms with Gasteiger partial charge in [-0.15, -0.1) is 0 Å². The van der Waals surface area contributed by atoms with Crippen LogP contribution < -0.4 is 9.47 Å². The molecular weight excluding hydrogens is 482 g/mol. The van der Waals surface area contributed by atoms with E-state index in [0.29, 0.717) is 33.2 Å². The molecule has 2 aromatic rings. The van der Waals surface area contributed by atoms with Crippen LogP contribution in [0.15, 0.2) is 45.8 Å². The van der Waals surface area contributed by atoms with Gasteiger partial charge < -0.3 is 14.6 Å². The van der Waals surface area contributed by atoms with E-state index in [-0.39, 0.29) is 29.0 Å². The van der Waals surface area contributed by atoms with Gasteiger partial charge in [-0.25, -0.2) is 0 Å². The number of aromatic hydroxyl groups is 1. The molecule has 152 valence electrons. The molecule has 0 spiro atoms. The van der Waals surface area contributed by atoms with E-state index in [1.54, 1.807) is 43.3 Å². The lowest BCUT2D eigenvalue weighted by Crippen LogP contribution is -2.32. The van der Waals surface area contributed by atoms with Crippen molar-refractivity contribution in [1.29, 1.82) is 0 Å². The zero-order chi connectivity index (χ0) is 21.0. The van der Waals surface area contributed by atoms with Crippen LogP contribution in [0.5, 0.6) is 17.2 Å². The number of carbonyl (C=O) groups excluding carboxylic acids is 2. The van der Waals surface area contributed by atoms with Gasteiger partial charge >= 0.3 is 0 Å². The summed E-state index contributed by atoms with van der Waals surface area (Å²) in [7, 11) is 0. The lowest BCUT2D eigenvalue weighted by molar-refractivity contribution is -0.123. The van der Waals surface area contributed by atoms with E-state index in [4.69, 9.17) is 21.1 Å². The molecule has 0 radical (unpaired) electrons. The van der Waals surface area contributed by atoms with Crippen LogP contribution in [0, 0.1) is 0 Å². The number of para-hydroxylation sites is 1. The molecule has 1 fully saturated rings. The summed E-state index contributed by atoms with van der Waals surface area (Å²) in [5.74, 6) is 0.379. The molecule has 0 aromatic heterocycles. The molecule has 1 aliphatic heterocycles. The highest BCUT2D eigenvalue weighted by molar-refractivity contribution is 9.10. The lowest BCUT2D eigenvalue weighted by Gasteiger charge is -2.13. The molecular formula is C20H17BrClNO5S. The van der Waals surface area contributed by atoms with E-state index in [1.165, 1.54) is 6.07 Å². The number of halogens is 2. The fraction of sp³-hybridized carbons (Fsp3) is 0.200. The summed E-state index contributed by atoms with van der Waals surface area (Å²) in [4.78, 5) is 26.3. The number of carbonyl (C=O) groups is 2. The SMILES string of the molecule is CCOc1cc(/C=C2\SC(=O)N(CCOc3ccccc3Cl)C2=O)c(Br)cc1O. The number of benzene rings is 2. The topological polar surface area (TPSA) is 76.1 Å². The molecule has 0 unspecified atom stereocenters. The number of thioether (sulfide) groups is 1. The van der Waals surface area contributed by atoms with Gasteiger partial charge in [0, 0.05) is 4.47 Å². The quantitative estimate of drug-likeness (QED) is 0.521. The first-order valence-electron chi connectivity index (χ1n) is 8.68. The van der Waals surface area contributed by atoms with Crippen LogP contribution in [0.1, 0.15) is 12.5 Å². The second-order valence-corrected chi connectivity index (χ2v) is 8.14. The highest BCUT2D eigenvalue weighted by Crippen LogP contribution is 2.37. The molecule has 1 aliphatic rings. The maximum absolute atomic E-state index is 12.7. The maximum atomic E-state index is 12.7. The number of rotatable bonds is 7. The average Bonchev–Trinajstić information content (AvgIpc) is 2.94. The molecule has 1 N–H and O–H groups in total. The number of phenols is 1. The van der Waals surface area contributed by atoms with E-state index in [1.807, 2.05) is 0 Å². The Balaban J connectivity index is 1.71. The fourth-order valence-electron chi connectivity index (χ4n) is 2.58. The third kappa shape index (κ3) is 5.07. The molecule has 9 heteroatoms. The number of ether oxygens (including phenoxy) is 2. The van der Waals surface area contributed by atoms with Crippen LogP contribution >= 0.6 is 39.3 Å².